The van der Waals surface area contributed by atoms with Crippen LogP contribution in [-0.4, -0.2) is 57.6 Å². The fourth-order valence-electron chi connectivity index (χ4n) is 4.39. The number of carboxylic acid groups (broad SMARTS) is 1. The highest BCUT2D eigenvalue weighted by Gasteiger charge is 2.41. The summed E-state index contributed by atoms with van der Waals surface area (Å²) in [5, 5.41) is 21.2. The number of hydrogen-bond acceptors (Lipinski definition) is 8. The molecule has 0 amide bonds. The highest BCUT2D eigenvalue weighted by atomic mass is 19.1. The molecule has 0 atom stereocenters. The number of piperidine rings is 1. The predicted molar refractivity (Wildman–Crippen MR) is 117 cm³/mol. The Morgan fingerprint density at radius 3 is 2.41 bits per heavy atom. The Kier molecular flexibility index (Phi) is 5.25. The molecule has 0 unspecified atom stereocenters. The first-order valence-electron chi connectivity index (χ1n) is 10.5. The van der Waals surface area contributed by atoms with E-state index in [2.05, 4.69) is 4.98 Å². The lowest BCUT2D eigenvalue weighted by atomic mass is 10.0. The number of aromatic nitrogens is 2. The van der Waals surface area contributed by atoms with Crippen LogP contribution >= 0.6 is 0 Å². The second-order valence-electron chi connectivity index (χ2n) is 8.08. The first-order chi connectivity index (χ1) is 16.3. The van der Waals surface area contributed by atoms with E-state index in [1.807, 2.05) is 0 Å². The quantitative estimate of drug-likeness (QED) is 0.450. The average molecular weight is 470 g/mol. The van der Waals surface area contributed by atoms with Crippen molar-refractivity contribution >= 4 is 28.5 Å². The third kappa shape index (κ3) is 3.66. The molecule has 4 heterocycles. The van der Waals surface area contributed by atoms with E-state index in [9.17, 15) is 29.2 Å². The Morgan fingerprint density at radius 2 is 1.82 bits per heavy atom. The van der Waals surface area contributed by atoms with Gasteiger partial charge < -0.3 is 24.0 Å². The van der Waals surface area contributed by atoms with Crippen LogP contribution in [0.15, 0.2) is 41.3 Å². The van der Waals surface area contributed by atoms with E-state index < -0.39 is 39.2 Å². The molecule has 2 saturated heterocycles. The average Bonchev–Trinajstić information content (AvgIpc) is 3.27. The van der Waals surface area contributed by atoms with Crippen LogP contribution in [0.25, 0.3) is 16.7 Å². The topological polar surface area (TPSA) is 137 Å². The smallest absolute Gasteiger partial charge is 0.341 e. The molecular formula is C22H19FN4O7. The van der Waals surface area contributed by atoms with Crippen LogP contribution in [0.2, 0.25) is 0 Å². The van der Waals surface area contributed by atoms with Crippen molar-refractivity contribution in [1.29, 1.82) is 0 Å². The summed E-state index contributed by atoms with van der Waals surface area (Å²) in [6, 6.07) is 6.20. The first-order valence-corrected chi connectivity index (χ1v) is 10.5. The minimum atomic E-state index is -1.49. The summed E-state index contributed by atoms with van der Waals surface area (Å²) in [6.45, 7) is 1.72. The van der Waals surface area contributed by atoms with Gasteiger partial charge in [0.25, 0.3) is 0 Å². The molecule has 0 aliphatic carbocycles. The number of hydrogen-bond donors (Lipinski definition) is 1. The van der Waals surface area contributed by atoms with Gasteiger partial charge in [0.05, 0.1) is 23.5 Å². The molecule has 2 aliphatic rings. The monoisotopic (exact) mass is 470 g/mol. The fourth-order valence-corrected chi connectivity index (χ4v) is 4.39. The number of anilines is 1. The first kappa shape index (κ1) is 21.9. The fraction of sp³-hybridized carbons (Fsp3) is 0.318. The normalized spacial score (nSPS) is 17.4. The highest BCUT2D eigenvalue weighted by Crippen LogP contribution is 2.36. The van der Waals surface area contributed by atoms with E-state index in [-0.39, 0.29) is 16.9 Å². The zero-order valence-corrected chi connectivity index (χ0v) is 17.8. The molecule has 5 rings (SSSR count). The minimum Gasteiger partial charge on any atom is -0.477 e. The lowest BCUT2D eigenvalue weighted by molar-refractivity contribution is -0.384. The zero-order valence-electron chi connectivity index (χ0n) is 17.8. The summed E-state index contributed by atoms with van der Waals surface area (Å²) in [5.41, 5.74) is -1.53. The van der Waals surface area contributed by atoms with Gasteiger partial charge in [-0.1, -0.05) is 0 Å². The van der Waals surface area contributed by atoms with Gasteiger partial charge in [0.1, 0.15) is 11.4 Å². The zero-order chi connectivity index (χ0) is 24.0. The minimum absolute atomic E-state index is 0.0239. The van der Waals surface area contributed by atoms with Gasteiger partial charge in [-0.25, -0.2) is 14.2 Å². The number of carbonyl (C=O) groups is 1. The Hall–Kier alpha value is -3.90. The van der Waals surface area contributed by atoms with E-state index in [0.717, 1.165) is 12.3 Å². The third-order valence-electron chi connectivity index (χ3n) is 6.11. The van der Waals surface area contributed by atoms with E-state index in [4.69, 9.17) is 9.47 Å². The molecule has 12 heteroatoms. The summed E-state index contributed by atoms with van der Waals surface area (Å²) in [6.07, 6.45) is 2.05. The molecule has 2 fully saturated rings. The van der Waals surface area contributed by atoms with Gasteiger partial charge in [-0.05, 0) is 24.3 Å². The van der Waals surface area contributed by atoms with Crippen molar-refractivity contribution in [3.8, 4) is 5.69 Å². The molecule has 11 nitrogen and oxygen atoms in total. The molecule has 1 N–H and O–H groups in total. The van der Waals surface area contributed by atoms with Crippen LogP contribution in [0.1, 0.15) is 23.2 Å². The van der Waals surface area contributed by atoms with Gasteiger partial charge in [-0.15, -0.1) is 0 Å². The van der Waals surface area contributed by atoms with Crippen LogP contribution in [0, 0.1) is 15.9 Å². The summed E-state index contributed by atoms with van der Waals surface area (Å²) in [5.74, 6) is -2.65. The van der Waals surface area contributed by atoms with Crippen molar-refractivity contribution in [2.75, 3.05) is 31.2 Å². The molecule has 0 bridgehead atoms. The molecule has 1 spiro atoms. The number of aromatic carboxylic acids is 1. The van der Waals surface area contributed by atoms with Gasteiger partial charge in [0.2, 0.25) is 11.2 Å². The van der Waals surface area contributed by atoms with Gasteiger partial charge >= 0.3 is 11.7 Å². The van der Waals surface area contributed by atoms with Gasteiger partial charge in [0.15, 0.2) is 11.4 Å². The van der Waals surface area contributed by atoms with Crippen LogP contribution in [0.5, 0.6) is 0 Å². The molecule has 3 aromatic rings. The SMILES string of the molecule is O=C(O)c1cn(-c2ccc(F)cc2)c2nc(N3CCC4(CC3)OCCO4)c([N+](=O)[O-])cc2c1=O. The Labute approximate surface area is 191 Å². The van der Waals surface area contributed by atoms with Crippen molar-refractivity contribution in [2.24, 2.45) is 0 Å². The molecule has 2 aromatic heterocycles. The third-order valence-corrected chi connectivity index (χ3v) is 6.11. The number of nitrogens with zero attached hydrogens (tertiary/aromatic N) is 4. The molecule has 34 heavy (non-hydrogen) atoms. The predicted octanol–water partition coefficient (Wildman–Crippen LogP) is 2.47. The van der Waals surface area contributed by atoms with Gasteiger partial charge in [-0.3, -0.25) is 14.9 Å². The van der Waals surface area contributed by atoms with Crippen LogP contribution in [0.3, 0.4) is 0 Å². The summed E-state index contributed by atoms with van der Waals surface area (Å²) in [7, 11) is 0. The maximum absolute atomic E-state index is 13.5. The van der Waals surface area contributed by atoms with Crippen molar-refractivity contribution in [3.63, 3.8) is 0 Å². The lowest BCUT2D eigenvalue weighted by Crippen LogP contribution is -2.45. The number of pyridine rings is 2. The molecule has 0 saturated carbocycles. The summed E-state index contributed by atoms with van der Waals surface area (Å²) in [4.78, 5) is 42.0. The van der Waals surface area contributed by atoms with E-state index in [1.54, 1.807) is 4.90 Å². The summed E-state index contributed by atoms with van der Waals surface area (Å²) < 4.78 is 26.2. The second kappa shape index (κ2) is 8.15. The van der Waals surface area contributed by atoms with Crippen molar-refractivity contribution < 1.29 is 28.7 Å². The van der Waals surface area contributed by atoms with Gasteiger partial charge in [-0.2, -0.15) is 0 Å². The maximum Gasteiger partial charge on any atom is 0.341 e. The standard InChI is InChI=1S/C22H19FN4O7/c23-13-1-3-14(4-2-13)26-12-16(21(29)30)18(28)15-11-17(27(31)32)20(24-19(15)26)25-7-5-22(6-8-25)33-9-10-34-22/h1-4,11-12H,5-10H2,(H,29,30). The van der Waals surface area contributed by atoms with E-state index >= 15 is 0 Å². The number of ether oxygens (including phenoxy) is 2. The largest absolute Gasteiger partial charge is 0.477 e. The van der Waals surface area contributed by atoms with E-state index in [1.165, 1.54) is 28.8 Å². The Bertz CT molecular complexity index is 1360. The van der Waals surface area contributed by atoms with Crippen LogP contribution in [-0.2, 0) is 9.47 Å². The molecule has 176 valence electrons. The Balaban J connectivity index is 1.70. The number of rotatable bonds is 4. The maximum atomic E-state index is 13.5. The second-order valence-corrected chi connectivity index (χ2v) is 8.08. The number of benzene rings is 1. The number of nitro groups is 1. The highest BCUT2D eigenvalue weighted by molar-refractivity contribution is 5.93. The molecule has 1 aromatic carbocycles. The van der Waals surface area contributed by atoms with Crippen LogP contribution in [0.4, 0.5) is 15.9 Å². The van der Waals surface area contributed by atoms with Gasteiger partial charge in [0, 0.05) is 43.9 Å². The molecule has 0 radical (unpaired) electrons. The number of halogens is 1. The van der Waals surface area contributed by atoms with Crippen LogP contribution < -0.4 is 10.3 Å². The molecular weight excluding hydrogens is 451 g/mol. The van der Waals surface area contributed by atoms with Crippen molar-refractivity contribution in [1.82, 2.24) is 9.55 Å². The van der Waals surface area contributed by atoms with E-state index in [0.29, 0.717) is 44.8 Å². The Morgan fingerprint density at radius 1 is 1.18 bits per heavy atom. The van der Waals surface area contributed by atoms with Crippen molar-refractivity contribution in [3.05, 3.63) is 68.2 Å². The molecule has 2 aliphatic heterocycles. The lowest BCUT2D eigenvalue weighted by Gasteiger charge is -2.37. The van der Waals surface area contributed by atoms with Crippen molar-refractivity contribution in [2.45, 2.75) is 18.6 Å². The summed E-state index contributed by atoms with van der Waals surface area (Å²) >= 11 is 0. The number of fused-ring (bicyclic) bond motifs is 1. The number of carboxylic acids is 1.